The van der Waals surface area contributed by atoms with E-state index in [4.69, 9.17) is 0 Å². The molecular formula is C30H38N2O5S. The lowest BCUT2D eigenvalue weighted by Crippen LogP contribution is -2.49. The number of carbonyl (C=O) groups excluding carboxylic acids is 3. The minimum atomic E-state index is -3.86. The quantitative estimate of drug-likeness (QED) is 0.531. The van der Waals surface area contributed by atoms with E-state index < -0.39 is 33.1 Å². The van der Waals surface area contributed by atoms with Crippen LogP contribution >= 0.6 is 0 Å². The molecule has 2 aromatic carbocycles. The van der Waals surface area contributed by atoms with E-state index in [2.05, 4.69) is 20.8 Å². The maximum absolute atomic E-state index is 13.8. The van der Waals surface area contributed by atoms with Gasteiger partial charge in [-0.3, -0.25) is 14.4 Å². The monoisotopic (exact) mass is 538 g/mol. The summed E-state index contributed by atoms with van der Waals surface area (Å²) in [5.74, 6) is -1.26. The Kier molecular flexibility index (Phi) is 7.84. The Morgan fingerprint density at radius 1 is 0.974 bits per heavy atom. The molecule has 2 aliphatic heterocycles. The van der Waals surface area contributed by atoms with Crippen molar-refractivity contribution in [2.75, 3.05) is 13.1 Å². The lowest BCUT2D eigenvalue weighted by Gasteiger charge is -2.28. The summed E-state index contributed by atoms with van der Waals surface area (Å²) in [5.41, 5.74) is 2.17. The molecule has 2 unspecified atom stereocenters. The molecule has 2 aromatic rings. The summed E-state index contributed by atoms with van der Waals surface area (Å²) in [7, 11) is -3.86. The van der Waals surface area contributed by atoms with Crippen LogP contribution < -0.4 is 0 Å². The molecule has 0 bridgehead atoms. The zero-order chi connectivity index (χ0) is 27.8. The van der Waals surface area contributed by atoms with Crippen LogP contribution in [0.5, 0.6) is 0 Å². The van der Waals surface area contributed by atoms with Gasteiger partial charge in [-0.05, 0) is 47.4 Å². The summed E-state index contributed by atoms with van der Waals surface area (Å²) < 4.78 is 27.3. The Hall–Kier alpha value is -3.00. The summed E-state index contributed by atoms with van der Waals surface area (Å²) in [6.07, 6.45) is 0.624. The van der Waals surface area contributed by atoms with E-state index in [9.17, 15) is 22.8 Å². The molecule has 38 heavy (non-hydrogen) atoms. The number of benzene rings is 2. The van der Waals surface area contributed by atoms with Gasteiger partial charge in [0.05, 0.1) is 18.3 Å². The van der Waals surface area contributed by atoms with Crippen LogP contribution in [0.15, 0.2) is 54.6 Å². The zero-order valence-electron chi connectivity index (χ0n) is 22.9. The van der Waals surface area contributed by atoms with Gasteiger partial charge in [0.2, 0.25) is 5.91 Å². The van der Waals surface area contributed by atoms with Crippen LogP contribution in [-0.4, -0.2) is 66.2 Å². The van der Waals surface area contributed by atoms with Crippen LogP contribution in [0.3, 0.4) is 0 Å². The van der Waals surface area contributed by atoms with Crippen LogP contribution in [0, 0.1) is 5.92 Å². The van der Waals surface area contributed by atoms with Crippen molar-refractivity contribution >= 4 is 27.4 Å². The highest BCUT2D eigenvalue weighted by atomic mass is 32.2. The average Bonchev–Trinajstić information content (AvgIpc) is 3.43. The first-order valence-electron chi connectivity index (χ1n) is 13.3. The summed E-state index contributed by atoms with van der Waals surface area (Å²) in [6, 6.07) is 15.0. The number of sulfone groups is 1. The molecule has 4 rings (SSSR count). The Balaban J connectivity index is 1.55. The SMILES string of the molecule is CC(C)C[C@H](C(=O)N1CCC2C1C(=O)CN2C(=O)c1ccccc1)S(=O)(=O)Cc1ccc(C(C)(C)C)cc1. The topological polar surface area (TPSA) is 91.8 Å². The molecule has 7 nitrogen and oxygen atoms in total. The Labute approximate surface area is 226 Å². The van der Waals surface area contributed by atoms with E-state index in [1.807, 2.05) is 44.2 Å². The molecule has 2 saturated heterocycles. The van der Waals surface area contributed by atoms with Crippen molar-refractivity contribution in [1.82, 2.24) is 9.80 Å². The van der Waals surface area contributed by atoms with Crippen molar-refractivity contribution in [2.24, 2.45) is 5.92 Å². The van der Waals surface area contributed by atoms with Gasteiger partial charge >= 0.3 is 0 Å². The van der Waals surface area contributed by atoms with Crippen molar-refractivity contribution < 1.29 is 22.8 Å². The third-order valence-corrected chi connectivity index (χ3v) is 9.57. The molecule has 204 valence electrons. The van der Waals surface area contributed by atoms with E-state index in [-0.39, 0.29) is 48.3 Å². The highest BCUT2D eigenvalue weighted by Crippen LogP contribution is 2.33. The number of ketones is 1. The largest absolute Gasteiger partial charge is 0.329 e. The Morgan fingerprint density at radius 2 is 1.61 bits per heavy atom. The molecule has 2 fully saturated rings. The summed E-state index contributed by atoms with van der Waals surface area (Å²) in [6.45, 7) is 10.2. The van der Waals surface area contributed by atoms with Crippen LogP contribution in [0.2, 0.25) is 0 Å². The molecule has 0 aliphatic carbocycles. The van der Waals surface area contributed by atoms with Gasteiger partial charge in [0.1, 0.15) is 11.3 Å². The molecule has 8 heteroatoms. The van der Waals surface area contributed by atoms with Gasteiger partial charge in [-0.2, -0.15) is 0 Å². The first-order valence-corrected chi connectivity index (χ1v) is 15.0. The van der Waals surface area contributed by atoms with Crippen LogP contribution in [0.4, 0.5) is 0 Å². The number of amides is 2. The lowest BCUT2D eigenvalue weighted by molar-refractivity contribution is -0.136. The molecule has 0 aromatic heterocycles. The molecule has 0 spiro atoms. The molecule has 0 saturated carbocycles. The number of fused-ring (bicyclic) bond motifs is 1. The molecule has 0 N–H and O–H groups in total. The smallest absolute Gasteiger partial charge is 0.254 e. The third kappa shape index (κ3) is 5.70. The van der Waals surface area contributed by atoms with Gasteiger partial charge < -0.3 is 9.80 Å². The molecule has 2 amide bonds. The molecule has 3 atom stereocenters. The number of Topliss-reactive ketones (excluding diaryl/α,β-unsaturated/α-hetero) is 1. The molecule has 0 radical (unpaired) electrons. The number of nitrogens with zero attached hydrogens (tertiary/aromatic N) is 2. The normalized spacial score (nSPS) is 20.6. The number of carbonyl (C=O) groups is 3. The number of hydrogen-bond acceptors (Lipinski definition) is 5. The lowest BCUT2D eigenvalue weighted by atomic mass is 9.87. The number of likely N-dealkylation sites (tertiary alicyclic amines) is 2. The first kappa shape index (κ1) is 28.0. The minimum absolute atomic E-state index is 0.0316. The Morgan fingerprint density at radius 3 is 2.18 bits per heavy atom. The maximum atomic E-state index is 13.8. The molecule has 2 heterocycles. The van der Waals surface area contributed by atoms with Crippen molar-refractivity contribution in [3.05, 3.63) is 71.3 Å². The standard InChI is InChI=1S/C30H38N2O5S/c1-20(2)17-26(38(36,37)19-21-11-13-23(14-12-21)30(3,4)5)29(35)31-16-15-24-27(31)25(33)18-32(24)28(34)22-9-7-6-8-10-22/h6-14,20,24,26-27H,15-19H2,1-5H3/t24?,26-,27?/m1/s1. The van der Waals surface area contributed by atoms with Gasteiger partial charge in [-0.25, -0.2) is 8.42 Å². The highest BCUT2D eigenvalue weighted by molar-refractivity contribution is 7.92. The fourth-order valence-electron chi connectivity index (χ4n) is 5.53. The Bertz CT molecular complexity index is 1300. The first-order chi connectivity index (χ1) is 17.8. The fraction of sp³-hybridized carbons (Fsp3) is 0.500. The van der Waals surface area contributed by atoms with E-state index in [0.29, 0.717) is 17.5 Å². The van der Waals surface area contributed by atoms with Gasteiger partial charge in [0, 0.05) is 12.1 Å². The second-order valence-electron chi connectivity index (χ2n) is 12.0. The van der Waals surface area contributed by atoms with E-state index in [1.54, 1.807) is 29.2 Å². The third-order valence-electron chi connectivity index (χ3n) is 7.57. The molecular weight excluding hydrogens is 500 g/mol. The van der Waals surface area contributed by atoms with E-state index in [0.717, 1.165) is 5.56 Å². The summed E-state index contributed by atoms with van der Waals surface area (Å²) in [5, 5.41) is -1.24. The van der Waals surface area contributed by atoms with Gasteiger partial charge in [0.15, 0.2) is 15.6 Å². The molecule has 2 aliphatic rings. The highest BCUT2D eigenvalue weighted by Gasteiger charge is 2.53. The van der Waals surface area contributed by atoms with E-state index >= 15 is 0 Å². The van der Waals surface area contributed by atoms with Crippen LogP contribution in [0.25, 0.3) is 0 Å². The number of hydrogen-bond donors (Lipinski definition) is 0. The van der Waals surface area contributed by atoms with Gasteiger partial charge in [-0.1, -0.05) is 77.1 Å². The van der Waals surface area contributed by atoms with Crippen molar-refractivity contribution in [2.45, 2.75) is 76.0 Å². The van der Waals surface area contributed by atoms with Crippen molar-refractivity contribution in [3.8, 4) is 0 Å². The summed E-state index contributed by atoms with van der Waals surface area (Å²) >= 11 is 0. The van der Waals surface area contributed by atoms with E-state index in [1.165, 1.54) is 4.90 Å². The average molecular weight is 539 g/mol. The van der Waals surface area contributed by atoms with Crippen LogP contribution in [0.1, 0.15) is 68.9 Å². The maximum Gasteiger partial charge on any atom is 0.254 e. The number of rotatable bonds is 7. The van der Waals surface area contributed by atoms with Gasteiger partial charge in [-0.15, -0.1) is 0 Å². The predicted octanol–water partition coefficient (Wildman–Crippen LogP) is 4.01. The second-order valence-corrected chi connectivity index (χ2v) is 14.2. The summed E-state index contributed by atoms with van der Waals surface area (Å²) in [4.78, 5) is 43.0. The van der Waals surface area contributed by atoms with Crippen LogP contribution in [-0.2, 0) is 30.6 Å². The van der Waals surface area contributed by atoms with Crippen molar-refractivity contribution in [1.29, 1.82) is 0 Å². The fourth-order valence-corrected chi connectivity index (χ4v) is 7.51. The van der Waals surface area contributed by atoms with Gasteiger partial charge in [0.25, 0.3) is 5.91 Å². The van der Waals surface area contributed by atoms with Crippen molar-refractivity contribution in [3.63, 3.8) is 0 Å². The minimum Gasteiger partial charge on any atom is -0.329 e. The predicted molar refractivity (Wildman–Crippen MR) is 147 cm³/mol. The second kappa shape index (κ2) is 10.6. The zero-order valence-corrected chi connectivity index (χ0v) is 23.7.